The van der Waals surface area contributed by atoms with Crippen LogP contribution in [0.1, 0.15) is 72.5 Å². The monoisotopic (exact) mass is 303 g/mol. The van der Waals surface area contributed by atoms with E-state index in [-0.39, 0.29) is 30.4 Å². The topological polar surface area (TPSA) is 63.3 Å². The lowest BCUT2D eigenvalue weighted by Crippen LogP contribution is -2.27. The Balaban J connectivity index is 1.74. The molecule has 4 nitrogen and oxygen atoms in total. The third-order valence-corrected chi connectivity index (χ3v) is 4.37. The Morgan fingerprint density at radius 2 is 1.67 bits per heavy atom. The molecular weight excluding hydrogens is 287 g/mol. The van der Waals surface area contributed by atoms with E-state index in [1.165, 1.54) is 0 Å². The Morgan fingerprint density at radius 1 is 1.10 bits per heavy atom. The maximum atomic E-state index is 12.6. The first-order valence-corrected chi connectivity index (χ1v) is 7.17. The van der Waals surface area contributed by atoms with Crippen molar-refractivity contribution in [2.24, 2.45) is 5.92 Å². The van der Waals surface area contributed by atoms with E-state index in [9.17, 15) is 18.0 Å². The molecule has 0 amide bonds. The minimum absolute atomic E-state index is 0.0533. The van der Waals surface area contributed by atoms with Gasteiger partial charge in [0, 0.05) is 11.8 Å². The SMILES string of the molecule is O=C(O)c1oc(C2CCC(C(F)(F)F)CC2)nc1C1CC1. The van der Waals surface area contributed by atoms with E-state index in [0.717, 1.165) is 12.8 Å². The highest BCUT2D eigenvalue weighted by Crippen LogP contribution is 2.45. The predicted molar refractivity (Wildman–Crippen MR) is 66.2 cm³/mol. The van der Waals surface area contributed by atoms with Crippen LogP contribution >= 0.6 is 0 Å². The van der Waals surface area contributed by atoms with Crippen molar-refractivity contribution in [1.29, 1.82) is 0 Å². The largest absolute Gasteiger partial charge is 0.475 e. The fraction of sp³-hybridized carbons (Fsp3) is 0.714. The van der Waals surface area contributed by atoms with Crippen molar-refractivity contribution in [3.05, 3.63) is 17.3 Å². The van der Waals surface area contributed by atoms with E-state index in [1.807, 2.05) is 0 Å². The fourth-order valence-corrected chi connectivity index (χ4v) is 2.98. The summed E-state index contributed by atoms with van der Waals surface area (Å²) in [5, 5.41) is 9.12. The van der Waals surface area contributed by atoms with Crippen molar-refractivity contribution < 1.29 is 27.5 Å². The molecule has 2 aliphatic rings. The lowest BCUT2D eigenvalue weighted by atomic mass is 9.81. The molecule has 0 saturated heterocycles. The quantitative estimate of drug-likeness (QED) is 0.913. The predicted octanol–water partition coefficient (Wildman–Crippen LogP) is 4.09. The third-order valence-electron chi connectivity index (χ3n) is 4.37. The van der Waals surface area contributed by atoms with Crippen molar-refractivity contribution in [3.63, 3.8) is 0 Å². The van der Waals surface area contributed by atoms with E-state index < -0.39 is 18.1 Å². The first kappa shape index (κ1) is 14.4. The molecule has 0 spiro atoms. The number of hydrogen-bond acceptors (Lipinski definition) is 3. The average molecular weight is 303 g/mol. The molecule has 0 atom stereocenters. The number of halogens is 3. The summed E-state index contributed by atoms with van der Waals surface area (Å²) in [5.74, 6) is -2.31. The molecule has 0 unspecified atom stereocenters. The second-order valence-electron chi connectivity index (χ2n) is 5.94. The Labute approximate surface area is 119 Å². The molecule has 1 aromatic rings. The molecule has 0 aliphatic heterocycles. The van der Waals surface area contributed by atoms with Crippen molar-refractivity contribution in [1.82, 2.24) is 4.98 Å². The van der Waals surface area contributed by atoms with Gasteiger partial charge in [0.2, 0.25) is 5.76 Å². The molecule has 2 aliphatic carbocycles. The van der Waals surface area contributed by atoms with Crippen LogP contribution in [0.25, 0.3) is 0 Å². The second kappa shape index (κ2) is 5.03. The summed E-state index contributed by atoms with van der Waals surface area (Å²) in [4.78, 5) is 15.4. The number of alkyl halides is 3. The summed E-state index contributed by atoms with van der Waals surface area (Å²) in [7, 11) is 0. The Morgan fingerprint density at radius 3 is 2.14 bits per heavy atom. The van der Waals surface area contributed by atoms with Gasteiger partial charge in [-0.1, -0.05) is 0 Å². The highest BCUT2D eigenvalue weighted by molar-refractivity contribution is 5.86. The van der Waals surface area contributed by atoms with Gasteiger partial charge in [0.25, 0.3) is 0 Å². The van der Waals surface area contributed by atoms with Crippen molar-refractivity contribution >= 4 is 5.97 Å². The summed E-state index contributed by atoms with van der Waals surface area (Å²) < 4.78 is 43.3. The summed E-state index contributed by atoms with van der Waals surface area (Å²) in [5.41, 5.74) is 0.468. The highest BCUT2D eigenvalue weighted by Gasteiger charge is 2.43. The molecule has 0 radical (unpaired) electrons. The second-order valence-corrected chi connectivity index (χ2v) is 5.94. The number of hydrogen-bond donors (Lipinski definition) is 1. The number of aromatic nitrogens is 1. The zero-order valence-electron chi connectivity index (χ0n) is 11.3. The number of rotatable bonds is 3. The molecule has 1 aromatic heterocycles. The van der Waals surface area contributed by atoms with Gasteiger partial charge in [-0.2, -0.15) is 13.2 Å². The van der Waals surface area contributed by atoms with Gasteiger partial charge in [0.15, 0.2) is 5.89 Å². The maximum absolute atomic E-state index is 12.6. The van der Waals surface area contributed by atoms with Gasteiger partial charge in [0.1, 0.15) is 0 Å². The molecule has 7 heteroatoms. The van der Waals surface area contributed by atoms with Gasteiger partial charge in [-0.05, 0) is 38.5 Å². The summed E-state index contributed by atoms with van der Waals surface area (Å²) in [6.45, 7) is 0. The van der Waals surface area contributed by atoms with E-state index in [0.29, 0.717) is 24.4 Å². The van der Waals surface area contributed by atoms with Crippen molar-refractivity contribution in [3.8, 4) is 0 Å². The van der Waals surface area contributed by atoms with Crippen LogP contribution in [0.4, 0.5) is 13.2 Å². The summed E-state index contributed by atoms with van der Waals surface area (Å²) >= 11 is 0. The summed E-state index contributed by atoms with van der Waals surface area (Å²) in [6, 6.07) is 0. The molecule has 1 heterocycles. The first-order chi connectivity index (χ1) is 9.86. The lowest BCUT2D eigenvalue weighted by molar-refractivity contribution is -0.182. The van der Waals surface area contributed by atoms with Gasteiger partial charge in [-0.15, -0.1) is 0 Å². The van der Waals surface area contributed by atoms with E-state index in [1.54, 1.807) is 0 Å². The number of carbonyl (C=O) groups is 1. The molecule has 1 N–H and O–H groups in total. The minimum atomic E-state index is -4.15. The van der Waals surface area contributed by atoms with Gasteiger partial charge in [0.05, 0.1) is 11.6 Å². The Bertz CT molecular complexity index is 540. The standard InChI is InChI=1S/C14H16F3NO3/c15-14(16,17)9-5-3-8(4-6-9)12-18-10(7-1-2-7)11(21-12)13(19)20/h7-9H,1-6H2,(H,19,20). The average Bonchev–Trinajstić information content (AvgIpc) is 3.16. The van der Waals surface area contributed by atoms with Crippen LogP contribution in [0.5, 0.6) is 0 Å². The van der Waals surface area contributed by atoms with Gasteiger partial charge >= 0.3 is 12.1 Å². The molecule has 0 aromatic carbocycles. The number of carboxylic acids is 1. The number of carboxylic acid groups (broad SMARTS) is 1. The lowest BCUT2D eigenvalue weighted by Gasteiger charge is -2.28. The van der Waals surface area contributed by atoms with Crippen LogP contribution in [-0.2, 0) is 0 Å². The molecular formula is C14H16F3NO3. The highest BCUT2D eigenvalue weighted by atomic mass is 19.4. The number of nitrogens with zero attached hydrogens (tertiary/aromatic N) is 1. The smallest absolute Gasteiger partial charge is 0.391 e. The number of aromatic carboxylic acids is 1. The fourth-order valence-electron chi connectivity index (χ4n) is 2.98. The van der Waals surface area contributed by atoms with E-state index in [4.69, 9.17) is 9.52 Å². The van der Waals surface area contributed by atoms with Crippen molar-refractivity contribution in [2.45, 2.75) is 56.5 Å². The zero-order valence-corrected chi connectivity index (χ0v) is 11.3. The zero-order chi connectivity index (χ0) is 15.2. The molecule has 2 saturated carbocycles. The van der Waals surface area contributed by atoms with Crippen molar-refractivity contribution in [2.75, 3.05) is 0 Å². The number of oxazole rings is 1. The Kier molecular flexibility index (Phi) is 3.45. The van der Waals surface area contributed by atoms with Crippen LogP contribution in [-0.4, -0.2) is 22.2 Å². The van der Waals surface area contributed by atoms with Crippen LogP contribution in [0.2, 0.25) is 0 Å². The van der Waals surface area contributed by atoms with Crippen LogP contribution in [0.15, 0.2) is 4.42 Å². The normalized spacial score (nSPS) is 26.8. The van der Waals surface area contributed by atoms with E-state index >= 15 is 0 Å². The van der Waals surface area contributed by atoms with Crippen LogP contribution in [0, 0.1) is 5.92 Å². The first-order valence-electron chi connectivity index (χ1n) is 7.17. The van der Waals surface area contributed by atoms with Crippen LogP contribution < -0.4 is 0 Å². The molecule has 116 valence electrons. The maximum Gasteiger partial charge on any atom is 0.391 e. The molecule has 21 heavy (non-hydrogen) atoms. The molecule has 2 fully saturated rings. The summed E-state index contributed by atoms with van der Waals surface area (Å²) in [6.07, 6.45) is -1.57. The molecule has 0 bridgehead atoms. The van der Waals surface area contributed by atoms with E-state index in [2.05, 4.69) is 4.98 Å². The van der Waals surface area contributed by atoms with Gasteiger partial charge in [-0.3, -0.25) is 0 Å². The van der Waals surface area contributed by atoms with Gasteiger partial charge < -0.3 is 9.52 Å². The van der Waals surface area contributed by atoms with Gasteiger partial charge in [-0.25, -0.2) is 9.78 Å². The minimum Gasteiger partial charge on any atom is -0.475 e. The third kappa shape index (κ3) is 2.91. The molecule has 3 rings (SSSR count). The Hall–Kier alpha value is -1.53. The van der Waals surface area contributed by atoms with Crippen LogP contribution in [0.3, 0.4) is 0 Å².